The molecule has 3 nitrogen and oxygen atoms in total. The molecule has 0 N–H and O–H groups in total. The summed E-state index contributed by atoms with van der Waals surface area (Å²) in [5, 5.41) is 0. The van der Waals surface area contributed by atoms with Crippen molar-refractivity contribution in [2.75, 3.05) is 6.54 Å². The van der Waals surface area contributed by atoms with Crippen LogP contribution in [0.25, 0.3) is 0 Å². The second kappa shape index (κ2) is 2.09. The van der Waals surface area contributed by atoms with E-state index in [1.165, 1.54) is 11.1 Å². The molecule has 1 amide bonds. The summed E-state index contributed by atoms with van der Waals surface area (Å²) in [5.74, 6) is 0. The summed E-state index contributed by atoms with van der Waals surface area (Å²) in [6.07, 6.45) is 1.19. The zero-order chi connectivity index (χ0) is 6.85. The second-order valence-corrected chi connectivity index (χ2v) is 2.03. The van der Waals surface area contributed by atoms with Crippen molar-refractivity contribution in [2.24, 2.45) is 0 Å². The van der Waals surface area contributed by atoms with Gasteiger partial charge in [0.15, 0.2) is 0 Å². The van der Waals surface area contributed by atoms with Crippen LogP contribution in [0.2, 0.25) is 0 Å². The zero-order valence-electron chi connectivity index (χ0n) is 5.33. The molecule has 50 valence electrons. The summed E-state index contributed by atoms with van der Waals surface area (Å²) in [6, 6.07) is 0. The molecule has 1 rings (SSSR count). The minimum Gasteiger partial charge on any atom is -0.444 e. The van der Waals surface area contributed by atoms with E-state index in [0.29, 0.717) is 6.54 Å². The first-order valence-corrected chi connectivity index (χ1v) is 2.84. The van der Waals surface area contributed by atoms with Gasteiger partial charge in [0, 0.05) is 6.20 Å². The van der Waals surface area contributed by atoms with Gasteiger partial charge < -0.3 is 4.74 Å². The van der Waals surface area contributed by atoms with Gasteiger partial charge in [-0.25, -0.2) is 4.79 Å². The molecule has 1 aliphatic heterocycles. The van der Waals surface area contributed by atoms with Crippen LogP contribution in [0, 0.1) is 0 Å². The monoisotopic (exact) mass is 127 g/mol. The lowest BCUT2D eigenvalue weighted by Gasteiger charge is -2.01. The number of cyclic esters (lactones) is 1. The minimum atomic E-state index is -0.294. The number of ether oxygens (including phenoxy) is 1. The molecule has 0 radical (unpaired) electrons. The van der Waals surface area contributed by atoms with E-state index < -0.39 is 0 Å². The zero-order valence-corrected chi connectivity index (χ0v) is 5.33. The first-order chi connectivity index (χ1) is 4.24. The summed E-state index contributed by atoms with van der Waals surface area (Å²) in [7, 11) is 0. The van der Waals surface area contributed by atoms with Gasteiger partial charge in [-0.3, -0.25) is 4.90 Å². The number of hydrogen-bond acceptors (Lipinski definition) is 2. The molecule has 0 aromatic carbocycles. The predicted octanol–water partition coefficient (Wildman–Crippen LogP) is 0.971. The lowest BCUT2D eigenvalue weighted by atomic mass is 10.4. The number of carbonyl (C=O) groups excluding carboxylic acids is 1. The third-order valence-corrected chi connectivity index (χ3v) is 1.21. The van der Waals surface area contributed by atoms with Crippen molar-refractivity contribution in [1.82, 2.24) is 4.90 Å². The molecule has 0 unspecified atom stereocenters. The smallest absolute Gasteiger partial charge is 0.414 e. The van der Waals surface area contributed by atoms with Crippen molar-refractivity contribution in [3.05, 3.63) is 12.8 Å². The van der Waals surface area contributed by atoms with E-state index in [2.05, 4.69) is 6.58 Å². The molecule has 1 atom stereocenters. The molecule has 0 aliphatic carbocycles. The van der Waals surface area contributed by atoms with E-state index in [4.69, 9.17) is 4.74 Å². The summed E-state index contributed by atoms with van der Waals surface area (Å²) in [6.45, 7) is 5.93. The van der Waals surface area contributed by atoms with Gasteiger partial charge >= 0.3 is 6.09 Å². The largest absolute Gasteiger partial charge is 0.444 e. The Kier molecular flexibility index (Phi) is 1.42. The molecule has 0 aromatic rings. The highest BCUT2D eigenvalue weighted by molar-refractivity contribution is 5.70. The predicted molar refractivity (Wildman–Crippen MR) is 32.8 cm³/mol. The Bertz CT molecular complexity index is 144. The van der Waals surface area contributed by atoms with Crippen LogP contribution in [0.5, 0.6) is 0 Å². The van der Waals surface area contributed by atoms with Gasteiger partial charge in [-0.15, -0.1) is 0 Å². The van der Waals surface area contributed by atoms with Crippen molar-refractivity contribution < 1.29 is 9.53 Å². The fraction of sp³-hybridized carbons (Fsp3) is 0.500. The number of amides is 1. The summed E-state index contributed by atoms with van der Waals surface area (Å²) >= 11 is 0. The van der Waals surface area contributed by atoms with Gasteiger partial charge in [0.25, 0.3) is 0 Å². The van der Waals surface area contributed by atoms with E-state index in [0.717, 1.165) is 0 Å². The molecule has 1 saturated heterocycles. The SMILES string of the molecule is C=CN1C[C@@H](C)OC1=O. The fourth-order valence-electron chi connectivity index (χ4n) is 0.778. The Morgan fingerprint density at radius 3 is 2.89 bits per heavy atom. The maximum Gasteiger partial charge on any atom is 0.414 e. The van der Waals surface area contributed by atoms with Crippen LogP contribution in [0.4, 0.5) is 4.79 Å². The molecule has 1 heterocycles. The first-order valence-electron chi connectivity index (χ1n) is 2.84. The highest BCUT2D eigenvalue weighted by Gasteiger charge is 2.25. The van der Waals surface area contributed by atoms with Crippen LogP contribution in [0.15, 0.2) is 12.8 Å². The molecule has 1 fully saturated rings. The minimum absolute atomic E-state index is 0.00972. The lowest BCUT2D eigenvalue weighted by Crippen LogP contribution is -2.16. The van der Waals surface area contributed by atoms with Crippen molar-refractivity contribution in [1.29, 1.82) is 0 Å². The average molecular weight is 127 g/mol. The summed E-state index contributed by atoms with van der Waals surface area (Å²) < 4.78 is 4.78. The Balaban J connectivity index is 2.57. The molecular formula is C6H9NO2. The van der Waals surface area contributed by atoms with Gasteiger partial charge in [0.2, 0.25) is 0 Å². The Morgan fingerprint density at radius 1 is 2.00 bits per heavy atom. The Hall–Kier alpha value is -0.990. The van der Waals surface area contributed by atoms with Gasteiger partial charge in [0.05, 0.1) is 6.54 Å². The van der Waals surface area contributed by atoms with Gasteiger partial charge in [0.1, 0.15) is 6.10 Å². The van der Waals surface area contributed by atoms with Crippen molar-refractivity contribution in [3.8, 4) is 0 Å². The van der Waals surface area contributed by atoms with Crippen LogP contribution < -0.4 is 0 Å². The molecule has 9 heavy (non-hydrogen) atoms. The van der Waals surface area contributed by atoms with Crippen LogP contribution in [-0.2, 0) is 4.74 Å². The Morgan fingerprint density at radius 2 is 2.67 bits per heavy atom. The van der Waals surface area contributed by atoms with Gasteiger partial charge in [-0.05, 0) is 6.92 Å². The molecule has 0 saturated carbocycles. The normalized spacial score (nSPS) is 26.1. The molecule has 0 bridgehead atoms. The van der Waals surface area contributed by atoms with E-state index in [1.54, 1.807) is 0 Å². The number of hydrogen-bond donors (Lipinski definition) is 0. The van der Waals surface area contributed by atoms with Crippen molar-refractivity contribution in [3.63, 3.8) is 0 Å². The highest BCUT2D eigenvalue weighted by Crippen LogP contribution is 2.09. The second-order valence-electron chi connectivity index (χ2n) is 2.03. The third kappa shape index (κ3) is 1.04. The van der Waals surface area contributed by atoms with Crippen LogP contribution >= 0.6 is 0 Å². The molecular weight excluding hydrogens is 118 g/mol. The van der Waals surface area contributed by atoms with Crippen LogP contribution in [0.3, 0.4) is 0 Å². The summed E-state index contributed by atoms with van der Waals surface area (Å²) in [5.41, 5.74) is 0. The van der Waals surface area contributed by atoms with E-state index >= 15 is 0 Å². The lowest BCUT2D eigenvalue weighted by molar-refractivity contribution is 0.142. The number of rotatable bonds is 1. The van der Waals surface area contributed by atoms with E-state index in [9.17, 15) is 4.79 Å². The maximum atomic E-state index is 10.6. The fourth-order valence-corrected chi connectivity index (χ4v) is 0.778. The molecule has 0 aromatic heterocycles. The summed E-state index contributed by atoms with van der Waals surface area (Å²) in [4.78, 5) is 12.1. The topological polar surface area (TPSA) is 29.5 Å². The molecule has 3 heteroatoms. The maximum absolute atomic E-state index is 10.6. The highest BCUT2D eigenvalue weighted by atomic mass is 16.6. The van der Waals surface area contributed by atoms with E-state index in [-0.39, 0.29) is 12.2 Å². The van der Waals surface area contributed by atoms with Crippen molar-refractivity contribution >= 4 is 6.09 Å². The first kappa shape index (κ1) is 6.13. The van der Waals surface area contributed by atoms with Gasteiger partial charge in [-0.2, -0.15) is 0 Å². The van der Waals surface area contributed by atoms with Crippen LogP contribution in [0.1, 0.15) is 6.92 Å². The van der Waals surface area contributed by atoms with Crippen LogP contribution in [-0.4, -0.2) is 23.6 Å². The van der Waals surface area contributed by atoms with E-state index in [1.807, 2.05) is 6.92 Å². The quantitative estimate of drug-likeness (QED) is 0.525. The number of nitrogens with zero attached hydrogens (tertiary/aromatic N) is 1. The third-order valence-electron chi connectivity index (χ3n) is 1.21. The van der Waals surface area contributed by atoms with Gasteiger partial charge in [-0.1, -0.05) is 6.58 Å². The molecule has 1 aliphatic rings. The number of carbonyl (C=O) groups is 1. The standard InChI is InChI=1S/C6H9NO2/c1-3-7-4-5(2)9-6(7)8/h3,5H,1,4H2,2H3/t5-/m1/s1. The average Bonchev–Trinajstić information content (AvgIpc) is 2.10. The molecule has 0 spiro atoms. The Labute approximate surface area is 53.9 Å². The van der Waals surface area contributed by atoms with Crippen molar-refractivity contribution in [2.45, 2.75) is 13.0 Å².